The maximum absolute atomic E-state index is 12.4. The Kier molecular flexibility index (Phi) is 6.11. The van der Waals surface area contributed by atoms with Crippen LogP contribution in [0.2, 0.25) is 0 Å². The summed E-state index contributed by atoms with van der Waals surface area (Å²) in [4.78, 5) is 16.4. The van der Waals surface area contributed by atoms with Gasteiger partial charge in [-0.15, -0.1) is 0 Å². The van der Waals surface area contributed by atoms with Crippen molar-refractivity contribution in [2.24, 2.45) is 5.10 Å². The van der Waals surface area contributed by atoms with Crippen molar-refractivity contribution in [3.8, 4) is 5.75 Å². The Morgan fingerprint density at radius 1 is 1.12 bits per heavy atom. The van der Waals surface area contributed by atoms with Crippen LogP contribution in [0.1, 0.15) is 21.5 Å². The third-order valence-corrected chi connectivity index (χ3v) is 4.03. The Hall–Kier alpha value is -2.99. The molecular weight excluding hydrogens is 394 g/mol. The number of hydrogen-bond donors (Lipinski definition) is 1. The summed E-state index contributed by atoms with van der Waals surface area (Å²) in [6.45, 7) is 0.372. The predicted octanol–water partition coefficient (Wildman–Crippen LogP) is 4.19. The molecule has 0 aliphatic carbocycles. The minimum atomic E-state index is -0.337. The first-order valence-corrected chi connectivity index (χ1v) is 8.71. The van der Waals surface area contributed by atoms with Gasteiger partial charge in [0.05, 0.1) is 11.8 Å². The lowest BCUT2D eigenvalue weighted by molar-refractivity contribution is 0.0950. The molecule has 1 heterocycles. The van der Waals surface area contributed by atoms with Crippen LogP contribution in [-0.4, -0.2) is 17.1 Å². The highest BCUT2D eigenvalue weighted by Gasteiger charge is 2.11. The maximum atomic E-state index is 12.4. The summed E-state index contributed by atoms with van der Waals surface area (Å²) in [6, 6.07) is 18.5. The molecule has 1 aromatic heterocycles. The molecule has 130 valence electrons. The van der Waals surface area contributed by atoms with E-state index >= 15 is 0 Å². The minimum Gasteiger partial charge on any atom is -0.488 e. The molecule has 3 aromatic rings. The van der Waals surface area contributed by atoms with Crippen molar-refractivity contribution in [2.45, 2.75) is 6.61 Å². The van der Waals surface area contributed by atoms with E-state index in [-0.39, 0.29) is 5.91 Å². The van der Waals surface area contributed by atoms with Gasteiger partial charge in [-0.05, 0) is 35.9 Å². The van der Waals surface area contributed by atoms with Gasteiger partial charge in [-0.25, -0.2) is 5.43 Å². The Bertz CT molecular complexity index is 896. The molecule has 0 saturated heterocycles. The fourth-order valence-electron chi connectivity index (χ4n) is 2.20. The van der Waals surface area contributed by atoms with Crippen molar-refractivity contribution in [1.82, 2.24) is 10.4 Å². The lowest BCUT2D eigenvalue weighted by atomic mass is 10.2. The van der Waals surface area contributed by atoms with Gasteiger partial charge < -0.3 is 4.74 Å². The molecular formula is C20H16BrN3O2. The molecule has 0 saturated carbocycles. The molecule has 0 unspecified atom stereocenters. The van der Waals surface area contributed by atoms with Crippen LogP contribution < -0.4 is 10.2 Å². The molecule has 3 rings (SSSR count). The standard InChI is InChI=1S/C20H16BrN3O2/c21-17-9-7-15(8-10-17)14-26-19-6-2-1-5-18(19)20(25)24-23-13-16-4-3-11-22-12-16/h1-13H,14H2,(H,24,25). The highest BCUT2D eigenvalue weighted by atomic mass is 79.9. The number of rotatable bonds is 6. The fourth-order valence-corrected chi connectivity index (χ4v) is 2.46. The van der Waals surface area contributed by atoms with E-state index in [9.17, 15) is 4.79 Å². The van der Waals surface area contributed by atoms with Gasteiger partial charge in [0.2, 0.25) is 0 Å². The van der Waals surface area contributed by atoms with E-state index in [0.29, 0.717) is 17.9 Å². The van der Waals surface area contributed by atoms with Gasteiger partial charge in [0.25, 0.3) is 5.91 Å². The lowest BCUT2D eigenvalue weighted by Crippen LogP contribution is -2.18. The van der Waals surface area contributed by atoms with Crippen molar-refractivity contribution in [1.29, 1.82) is 0 Å². The van der Waals surface area contributed by atoms with Crippen molar-refractivity contribution < 1.29 is 9.53 Å². The van der Waals surface area contributed by atoms with E-state index < -0.39 is 0 Å². The lowest BCUT2D eigenvalue weighted by Gasteiger charge is -2.10. The molecule has 0 aliphatic heterocycles. The third-order valence-electron chi connectivity index (χ3n) is 3.50. The average molecular weight is 410 g/mol. The number of nitrogens with zero attached hydrogens (tertiary/aromatic N) is 2. The summed E-state index contributed by atoms with van der Waals surface area (Å²) in [5.41, 5.74) is 4.74. The van der Waals surface area contributed by atoms with Gasteiger partial charge in [0.1, 0.15) is 12.4 Å². The van der Waals surface area contributed by atoms with Gasteiger partial charge in [-0.2, -0.15) is 5.10 Å². The number of amides is 1. The Balaban J connectivity index is 1.65. The van der Waals surface area contributed by atoms with Crippen LogP contribution in [0.15, 0.2) is 82.6 Å². The molecule has 0 spiro atoms. The molecule has 0 radical (unpaired) electrons. The number of benzene rings is 2. The number of para-hydroxylation sites is 1. The van der Waals surface area contributed by atoms with Gasteiger partial charge in [0, 0.05) is 22.4 Å². The van der Waals surface area contributed by atoms with Crippen LogP contribution in [0.3, 0.4) is 0 Å². The average Bonchev–Trinajstić information content (AvgIpc) is 2.68. The number of carbonyl (C=O) groups excluding carboxylic acids is 1. The Morgan fingerprint density at radius 2 is 1.92 bits per heavy atom. The number of carbonyl (C=O) groups is 1. The van der Waals surface area contributed by atoms with Crippen LogP contribution in [-0.2, 0) is 6.61 Å². The molecule has 5 nitrogen and oxygen atoms in total. The first kappa shape index (κ1) is 17.8. The molecule has 1 N–H and O–H groups in total. The summed E-state index contributed by atoms with van der Waals surface area (Å²) in [6.07, 6.45) is 4.87. The van der Waals surface area contributed by atoms with Crippen molar-refractivity contribution in [2.75, 3.05) is 0 Å². The fraction of sp³-hybridized carbons (Fsp3) is 0.0500. The van der Waals surface area contributed by atoms with Gasteiger partial charge in [-0.3, -0.25) is 9.78 Å². The van der Waals surface area contributed by atoms with E-state index in [1.54, 1.807) is 36.7 Å². The first-order valence-electron chi connectivity index (χ1n) is 7.92. The molecule has 6 heteroatoms. The van der Waals surface area contributed by atoms with Crippen LogP contribution in [0.25, 0.3) is 0 Å². The number of hydrogen-bond acceptors (Lipinski definition) is 4. The summed E-state index contributed by atoms with van der Waals surface area (Å²) >= 11 is 3.40. The maximum Gasteiger partial charge on any atom is 0.275 e. The van der Waals surface area contributed by atoms with E-state index in [1.165, 1.54) is 6.21 Å². The summed E-state index contributed by atoms with van der Waals surface area (Å²) in [5, 5.41) is 3.96. The zero-order valence-electron chi connectivity index (χ0n) is 13.8. The third kappa shape index (κ3) is 5.00. The van der Waals surface area contributed by atoms with Gasteiger partial charge >= 0.3 is 0 Å². The van der Waals surface area contributed by atoms with Crippen LogP contribution in [0.5, 0.6) is 5.75 Å². The molecule has 26 heavy (non-hydrogen) atoms. The zero-order valence-corrected chi connectivity index (χ0v) is 15.4. The van der Waals surface area contributed by atoms with E-state index in [0.717, 1.165) is 15.6 Å². The normalized spacial score (nSPS) is 10.7. The number of ether oxygens (including phenoxy) is 1. The second-order valence-electron chi connectivity index (χ2n) is 5.40. The molecule has 0 fully saturated rings. The highest BCUT2D eigenvalue weighted by molar-refractivity contribution is 9.10. The number of hydrazone groups is 1. The summed E-state index contributed by atoms with van der Waals surface area (Å²) in [5.74, 6) is 0.168. The van der Waals surface area contributed by atoms with E-state index in [2.05, 4.69) is 31.4 Å². The molecule has 0 aliphatic rings. The van der Waals surface area contributed by atoms with Crippen LogP contribution in [0, 0.1) is 0 Å². The van der Waals surface area contributed by atoms with Crippen molar-refractivity contribution >= 4 is 28.1 Å². The molecule has 1 amide bonds. The molecule has 2 aromatic carbocycles. The highest BCUT2D eigenvalue weighted by Crippen LogP contribution is 2.20. The largest absolute Gasteiger partial charge is 0.488 e. The minimum absolute atomic E-state index is 0.337. The second-order valence-corrected chi connectivity index (χ2v) is 6.31. The molecule has 0 atom stereocenters. The number of pyridine rings is 1. The predicted molar refractivity (Wildman–Crippen MR) is 104 cm³/mol. The summed E-state index contributed by atoms with van der Waals surface area (Å²) < 4.78 is 6.82. The molecule has 0 bridgehead atoms. The number of nitrogens with one attached hydrogen (secondary N) is 1. The Labute approximate surface area is 159 Å². The zero-order chi connectivity index (χ0) is 18.2. The van der Waals surface area contributed by atoms with Crippen LogP contribution >= 0.6 is 15.9 Å². The van der Waals surface area contributed by atoms with Crippen molar-refractivity contribution in [3.05, 3.63) is 94.2 Å². The Morgan fingerprint density at radius 3 is 2.69 bits per heavy atom. The van der Waals surface area contributed by atoms with Crippen molar-refractivity contribution in [3.63, 3.8) is 0 Å². The van der Waals surface area contributed by atoms with E-state index in [4.69, 9.17) is 4.74 Å². The van der Waals surface area contributed by atoms with Gasteiger partial charge in [-0.1, -0.05) is 46.3 Å². The van der Waals surface area contributed by atoms with Gasteiger partial charge in [0.15, 0.2) is 0 Å². The van der Waals surface area contributed by atoms with E-state index in [1.807, 2.05) is 36.4 Å². The first-order chi connectivity index (χ1) is 12.7. The summed E-state index contributed by atoms with van der Waals surface area (Å²) in [7, 11) is 0. The second kappa shape index (κ2) is 8.92. The van der Waals surface area contributed by atoms with Crippen LogP contribution in [0.4, 0.5) is 0 Å². The SMILES string of the molecule is O=C(NN=Cc1cccnc1)c1ccccc1OCc1ccc(Br)cc1. The quantitative estimate of drug-likeness (QED) is 0.490. The number of halogens is 1. The smallest absolute Gasteiger partial charge is 0.275 e. The number of aromatic nitrogens is 1. The monoisotopic (exact) mass is 409 g/mol. The topological polar surface area (TPSA) is 63.6 Å².